The number of carbonyl (C=O) groups excluding carboxylic acids is 3. The minimum absolute atomic E-state index is 0.138. The van der Waals surface area contributed by atoms with Crippen molar-refractivity contribution >= 4 is 44.1 Å². The van der Waals surface area contributed by atoms with E-state index in [2.05, 4.69) is 34.9 Å². The molecule has 1 aromatic carbocycles. The van der Waals surface area contributed by atoms with E-state index in [-0.39, 0.29) is 16.0 Å². The number of nitriles is 2. The Balaban J connectivity index is 1.88. The largest absolute Gasteiger partial charge is 0.313 e. The lowest BCUT2D eigenvalue weighted by Crippen LogP contribution is -2.41. The highest BCUT2D eigenvalue weighted by molar-refractivity contribution is 7.89. The van der Waals surface area contributed by atoms with Crippen LogP contribution in [0.5, 0.6) is 0 Å². The lowest BCUT2D eigenvalue weighted by molar-refractivity contribution is -0.119. The Bertz CT molecular complexity index is 1400. The van der Waals surface area contributed by atoms with Crippen LogP contribution in [0.4, 0.5) is 5.00 Å². The Morgan fingerprint density at radius 1 is 1.08 bits per heavy atom. The molecule has 38 heavy (non-hydrogen) atoms. The summed E-state index contributed by atoms with van der Waals surface area (Å²) in [5.41, 5.74) is 5.85. The van der Waals surface area contributed by atoms with Crippen LogP contribution in [0.2, 0.25) is 0 Å². The van der Waals surface area contributed by atoms with Crippen molar-refractivity contribution in [2.24, 2.45) is 0 Å². The maximum Gasteiger partial charge on any atom is 0.272 e. The fraction of sp³-hybridized carbons (Fsp3) is 0.375. The maximum atomic E-state index is 13.1. The molecule has 14 heteroatoms. The van der Waals surface area contributed by atoms with Crippen molar-refractivity contribution in [1.82, 2.24) is 20.1 Å². The summed E-state index contributed by atoms with van der Waals surface area (Å²) in [5.74, 6) is -1.56. The number of nitrogens with zero attached hydrogens (tertiary/aromatic N) is 4. The topological polar surface area (TPSA) is 176 Å². The Morgan fingerprint density at radius 3 is 2.26 bits per heavy atom. The van der Waals surface area contributed by atoms with Crippen LogP contribution in [0.3, 0.4) is 0 Å². The molecule has 1 aromatic heterocycles. The molecule has 3 amide bonds. The molecule has 200 valence electrons. The van der Waals surface area contributed by atoms with Crippen LogP contribution in [-0.2, 0) is 27.8 Å². The smallest absolute Gasteiger partial charge is 0.272 e. The van der Waals surface area contributed by atoms with Gasteiger partial charge >= 0.3 is 0 Å². The van der Waals surface area contributed by atoms with E-state index in [1.54, 1.807) is 12.1 Å². The fourth-order valence-electron chi connectivity index (χ4n) is 3.89. The minimum Gasteiger partial charge on any atom is -0.313 e. The van der Waals surface area contributed by atoms with E-state index in [0.717, 1.165) is 21.3 Å². The van der Waals surface area contributed by atoms with Crippen LogP contribution in [-0.4, -0.2) is 61.0 Å². The Hall–Kier alpha value is -3.82. The molecule has 0 atom stereocenters. The van der Waals surface area contributed by atoms with Gasteiger partial charge in [-0.1, -0.05) is 0 Å². The number of carbonyl (C=O) groups is 3. The summed E-state index contributed by atoms with van der Waals surface area (Å²) in [4.78, 5) is 40.4. The molecule has 12 nitrogen and oxygen atoms in total. The molecule has 1 aliphatic heterocycles. The number of thiophene rings is 1. The molecule has 2 heterocycles. The zero-order valence-corrected chi connectivity index (χ0v) is 22.7. The Kier molecular flexibility index (Phi) is 9.19. The molecule has 0 fully saturated rings. The number of hydrogen-bond donors (Lipinski definition) is 3. The molecule has 3 N–H and O–H groups in total. The molecule has 0 spiro atoms. The number of sulfonamides is 1. The van der Waals surface area contributed by atoms with Crippen LogP contribution >= 0.6 is 11.3 Å². The molecular weight excluding hydrogens is 530 g/mol. The second-order valence-electron chi connectivity index (χ2n) is 8.73. The molecule has 1 aliphatic rings. The summed E-state index contributed by atoms with van der Waals surface area (Å²) < 4.78 is 26.2. The normalized spacial score (nSPS) is 13.3. The van der Waals surface area contributed by atoms with Crippen molar-refractivity contribution in [3.05, 3.63) is 45.8 Å². The molecule has 3 rings (SSSR count). The van der Waals surface area contributed by atoms with Gasteiger partial charge in [0.2, 0.25) is 15.9 Å². The zero-order valence-electron chi connectivity index (χ0n) is 21.1. The second-order valence-corrected chi connectivity index (χ2v) is 11.8. The molecule has 0 bridgehead atoms. The van der Waals surface area contributed by atoms with Gasteiger partial charge in [-0.2, -0.15) is 14.8 Å². The highest BCUT2D eigenvalue weighted by Gasteiger charge is 2.30. The predicted molar refractivity (Wildman–Crippen MR) is 139 cm³/mol. The highest BCUT2D eigenvalue weighted by Crippen LogP contribution is 2.38. The zero-order chi connectivity index (χ0) is 28.0. The lowest BCUT2D eigenvalue weighted by Gasteiger charge is -2.30. The first kappa shape index (κ1) is 28.7. The van der Waals surface area contributed by atoms with Crippen molar-refractivity contribution in [3.63, 3.8) is 0 Å². The van der Waals surface area contributed by atoms with Crippen LogP contribution in [0.25, 0.3) is 0 Å². The lowest BCUT2D eigenvalue weighted by atomic mass is 10.0. The number of fused-ring (bicyclic) bond motifs is 1. The van der Waals surface area contributed by atoms with Crippen molar-refractivity contribution in [1.29, 1.82) is 10.5 Å². The number of hydrogen-bond acceptors (Lipinski definition) is 9. The van der Waals surface area contributed by atoms with E-state index >= 15 is 0 Å². The first-order valence-electron chi connectivity index (χ1n) is 11.6. The second kappa shape index (κ2) is 12.1. The van der Waals surface area contributed by atoms with Gasteiger partial charge in [-0.05, 0) is 50.1 Å². The third-order valence-electron chi connectivity index (χ3n) is 5.87. The summed E-state index contributed by atoms with van der Waals surface area (Å²) in [6, 6.07) is 8.79. The monoisotopic (exact) mass is 557 g/mol. The quantitative estimate of drug-likeness (QED) is 0.324. The molecular formula is C24H27N7O5S2. The van der Waals surface area contributed by atoms with Gasteiger partial charge in [-0.15, -0.1) is 11.3 Å². The molecule has 0 saturated carbocycles. The van der Waals surface area contributed by atoms with Gasteiger partial charge in [0.1, 0.15) is 18.1 Å². The maximum absolute atomic E-state index is 13.1. The van der Waals surface area contributed by atoms with Gasteiger partial charge in [-0.3, -0.25) is 30.1 Å². The van der Waals surface area contributed by atoms with Crippen LogP contribution < -0.4 is 16.2 Å². The summed E-state index contributed by atoms with van der Waals surface area (Å²) >= 11 is 1.28. The van der Waals surface area contributed by atoms with Gasteiger partial charge in [0.25, 0.3) is 11.8 Å². The fourth-order valence-corrected chi connectivity index (χ4v) is 6.39. The standard InChI is InChI=1S/C24H27N7O5S2/c1-15(2)30-11-8-19-20(14-30)37-24(21(19)23(34)29-28-16(3)32)27-22(33)17-4-6-18(7-5-17)38(35,36)31(12-9-25)13-10-26/h4-7,15H,8,11-14H2,1-3H3,(H,27,33)(H,28,32)(H,29,34). The summed E-state index contributed by atoms with van der Waals surface area (Å²) in [6.45, 7) is 5.79. The first-order valence-corrected chi connectivity index (χ1v) is 13.9. The van der Waals surface area contributed by atoms with Crippen molar-refractivity contribution in [2.75, 3.05) is 25.0 Å². The molecule has 0 unspecified atom stereocenters. The Labute approximate surface area is 224 Å². The molecule has 0 radical (unpaired) electrons. The number of nitrogens with one attached hydrogen (secondary N) is 3. The number of anilines is 1. The number of benzene rings is 1. The van der Waals surface area contributed by atoms with Crippen molar-refractivity contribution in [3.8, 4) is 12.1 Å². The van der Waals surface area contributed by atoms with E-state index in [0.29, 0.717) is 24.0 Å². The van der Waals surface area contributed by atoms with E-state index in [1.165, 1.54) is 42.5 Å². The molecule has 2 aromatic rings. The average molecular weight is 558 g/mol. The van der Waals surface area contributed by atoms with Crippen LogP contribution in [0.15, 0.2) is 29.2 Å². The van der Waals surface area contributed by atoms with Gasteiger partial charge < -0.3 is 5.32 Å². The summed E-state index contributed by atoms with van der Waals surface area (Å²) in [7, 11) is -4.11. The predicted octanol–water partition coefficient (Wildman–Crippen LogP) is 1.59. The van der Waals surface area contributed by atoms with Crippen molar-refractivity contribution in [2.45, 2.75) is 44.7 Å². The van der Waals surface area contributed by atoms with E-state index in [4.69, 9.17) is 10.5 Å². The number of rotatable bonds is 8. The minimum atomic E-state index is -4.11. The highest BCUT2D eigenvalue weighted by atomic mass is 32.2. The third kappa shape index (κ3) is 6.35. The van der Waals surface area contributed by atoms with Gasteiger partial charge in [-0.25, -0.2) is 8.42 Å². The molecule has 0 aliphatic carbocycles. The number of amides is 3. The van der Waals surface area contributed by atoms with E-state index in [9.17, 15) is 22.8 Å². The van der Waals surface area contributed by atoms with E-state index in [1.807, 2.05) is 0 Å². The molecule has 0 saturated heterocycles. The summed E-state index contributed by atoms with van der Waals surface area (Å²) in [5, 5.41) is 20.9. The van der Waals surface area contributed by atoms with Crippen LogP contribution in [0.1, 0.15) is 51.9 Å². The van der Waals surface area contributed by atoms with Crippen LogP contribution in [0, 0.1) is 22.7 Å². The Morgan fingerprint density at radius 2 is 1.71 bits per heavy atom. The summed E-state index contributed by atoms with van der Waals surface area (Å²) in [6.07, 6.45) is 0.594. The van der Waals surface area contributed by atoms with Gasteiger partial charge in [0.05, 0.1) is 22.6 Å². The average Bonchev–Trinajstić information content (AvgIpc) is 3.24. The first-order chi connectivity index (χ1) is 18.0. The van der Waals surface area contributed by atoms with Gasteiger partial charge in [0, 0.05) is 36.5 Å². The van der Waals surface area contributed by atoms with E-state index < -0.39 is 40.8 Å². The van der Waals surface area contributed by atoms with Crippen molar-refractivity contribution < 1.29 is 22.8 Å². The van der Waals surface area contributed by atoms with Gasteiger partial charge in [0.15, 0.2) is 0 Å². The SMILES string of the molecule is CC(=O)NNC(=O)c1c(NC(=O)c2ccc(S(=O)(=O)N(CC#N)CC#N)cc2)sc2c1CCN(C(C)C)C2. The third-order valence-corrected chi connectivity index (χ3v) is 8.81. The number of hydrazine groups is 1.